The summed E-state index contributed by atoms with van der Waals surface area (Å²) in [6, 6.07) is 0. The van der Waals surface area contributed by atoms with E-state index in [0.717, 1.165) is 5.82 Å². The van der Waals surface area contributed by atoms with E-state index >= 15 is 0 Å². The van der Waals surface area contributed by atoms with Gasteiger partial charge in [0.25, 0.3) is 0 Å². The number of hydrogen-bond donors (Lipinski definition) is 3. The molecule has 0 fully saturated rings. The minimum absolute atomic E-state index is 0.0498. The fraction of sp³-hybridized carbons (Fsp3) is 0.500. The number of aliphatic hydroxyl groups excluding tert-OH is 1. The van der Waals surface area contributed by atoms with Crippen LogP contribution in [0.15, 0.2) is 12.4 Å². The monoisotopic (exact) mass is 183 g/mol. The van der Waals surface area contributed by atoms with Crippen LogP contribution in [0.1, 0.15) is 18.7 Å². The van der Waals surface area contributed by atoms with Crippen LogP contribution >= 0.6 is 0 Å². The molecule has 0 saturated carbocycles. The fourth-order valence-corrected chi connectivity index (χ4v) is 0.905. The van der Waals surface area contributed by atoms with Gasteiger partial charge in [-0.05, 0) is 6.42 Å². The quantitative estimate of drug-likeness (QED) is 0.591. The standard InChI is InChI=1S/C8H13N3O2/c12-5-1-2-8(13)11-6-7-9-3-4-10-7/h3-4,12H,1-2,5-6H2,(H,9,10)(H,11,13). The molecule has 0 spiro atoms. The lowest BCUT2D eigenvalue weighted by Gasteiger charge is -2.01. The van der Waals surface area contributed by atoms with Crippen LogP contribution in [0.5, 0.6) is 0 Å². The molecule has 0 unspecified atom stereocenters. The van der Waals surface area contributed by atoms with Crippen molar-refractivity contribution in [3.63, 3.8) is 0 Å². The second-order valence-corrected chi connectivity index (χ2v) is 2.64. The number of imidazole rings is 1. The largest absolute Gasteiger partial charge is 0.396 e. The van der Waals surface area contributed by atoms with Gasteiger partial charge in [-0.3, -0.25) is 4.79 Å². The second kappa shape index (κ2) is 5.31. The Kier molecular flexibility index (Phi) is 3.98. The Hall–Kier alpha value is -1.36. The average molecular weight is 183 g/mol. The summed E-state index contributed by atoms with van der Waals surface area (Å²) in [5.74, 6) is 0.669. The number of carbonyl (C=O) groups excluding carboxylic acids is 1. The number of nitrogens with one attached hydrogen (secondary N) is 2. The Balaban J connectivity index is 2.15. The highest BCUT2D eigenvalue weighted by atomic mass is 16.3. The van der Waals surface area contributed by atoms with Crippen LogP contribution in [-0.4, -0.2) is 27.6 Å². The molecular formula is C8H13N3O2. The van der Waals surface area contributed by atoms with Gasteiger partial charge in [0.1, 0.15) is 5.82 Å². The first-order valence-corrected chi connectivity index (χ1v) is 4.18. The van der Waals surface area contributed by atoms with E-state index in [-0.39, 0.29) is 12.5 Å². The van der Waals surface area contributed by atoms with E-state index in [1.807, 2.05) is 0 Å². The lowest BCUT2D eigenvalue weighted by atomic mass is 10.3. The summed E-state index contributed by atoms with van der Waals surface area (Å²) in [4.78, 5) is 17.9. The molecule has 1 rings (SSSR count). The van der Waals surface area contributed by atoms with Gasteiger partial charge in [-0.15, -0.1) is 0 Å². The minimum Gasteiger partial charge on any atom is -0.396 e. The second-order valence-electron chi connectivity index (χ2n) is 2.64. The number of rotatable bonds is 5. The van der Waals surface area contributed by atoms with Crippen molar-refractivity contribution < 1.29 is 9.90 Å². The van der Waals surface area contributed by atoms with Gasteiger partial charge in [-0.1, -0.05) is 0 Å². The molecule has 5 heteroatoms. The lowest BCUT2D eigenvalue weighted by molar-refractivity contribution is -0.121. The van der Waals surface area contributed by atoms with Crippen molar-refractivity contribution in [2.24, 2.45) is 0 Å². The van der Waals surface area contributed by atoms with Crippen LogP contribution in [0.25, 0.3) is 0 Å². The molecule has 0 saturated heterocycles. The normalized spacial score (nSPS) is 9.92. The van der Waals surface area contributed by atoms with E-state index in [4.69, 9.17) is 5.11 Å². The molecule has 72 valence electrons. The van der Waals surface area contributed by atoms with Crippen LogP contribution in [-0.2, 0) is 11.3 Å². The molecule has 0 aliphatic heterocycles. The first-order valence-electron chi connectivity index (χ1n) is 4.18. The molecule has 3 N–H and O–H groups in total. The first-order chi connectivity index (χ1) is 6.33. The van der Waals surface area contributed by atoms with Gasteiger partial charge < -0.3 is 15.4 Å². The van der Waals surface area contributed by atoms with Crippen molar-refractivity contribution in [1.82, 2.24) is 15.3 Å². The van der Waals surface area contributed by atoms with Crippen LogP contribution in [0.4, 0.5) is 0 Å². The molecule has 0 atom stereocenters. The number of nitrogens with zero attached hydrogens (tertiary/aromatic N) is 1. The summed E-state index contributed by atoms with van der Waals surface area (Å²) in [7, 11) is 0. The highest BCUT2D eigenvalue weighted by molar-refractivity contribution is 5.75. The summed E-state index contributed by atoms with van der Waals surface area (Å²) in [5.41, 5.74) is 0. The molecule has 5 nitrogen and oxygen atoms in total. The number of amides is 1. The number of aliphatic hydroxyl groups is 1. The molecule has 0 bridgehead atoms. The van der Waals surface area contributed by atoms with Crippen molar-refractivity contribution in [2.45, 2.75) is 19.4 Å². The zero-order valence-corrected chi connectivity index (χ0v) is 7.29. The lowest BCUT2D eigenvalue weighted by Crippen LogP contribution is -2.23. The Morgan fingerprint density at radius 3 is 3.15 bits per heavy atom. The van der Waals surface area contributed by atoms with Crippen LogP contribution in [0.2, 0.25) is 0 Å². The Labute approximate surface area is 76.2 Å². The van der Waals surface area contributed by atoms with Gasteiger partial charge in [0.15, 0.2) is 0 Å². The predicted octanol–water partition coefficient (Wildman–Crippen LogP) is -0.202. The van der Waals surface area contributed by atoms with Gasteiger partial charge in [0, 0.05) is 25.4 Å². The topological polar surface area (TPSA) is 78.0 Å². The average Bonchev–Trinajstić information content (AvgIpc) is 2.64. The van der Waals surface area contributed by atoms with E-state index in [0.29, 0.717) is 19.4 Å². The zero-order valence-electron chi connectivity index (χ0n) is 7.29. The maximum atomic E-state index is 11.0. The highest BCUT2D eigenvalue weighted by Crippen LogP contribution is 1.90. The van der Waals surface area contributed by atoms with E-state index in [1.165, 1.54) is 0 Å². The third kappa shape index (κ3) is 3.71. The summed E-state index contributed by atoms with van der Waals surface area (Å²) in [6.45, 7) is 0.464. The van der Waals surface area contributed by atoms with Crippen molar-refractivity contribution in [1.29, 1.82) is 0 Å². The molecule has 1 heterocycles. The molecule has 13 heavy (non-hydrogen) atoms. The van der Waals surface area contributed by atoms with E-state index in [9.17, 15) is 4.79 Å². The number of carbonyl (C=O) groups is 1. The molecule has 1 aromatic heterocycles. The fourth-order valence-electron chi connectivity index (χ4n) is 0.905. The van der Waals surface area contributed by atoms with E-state index < -0.39 is 0 Å². The predicted molar refractivity (Wildman–Crippen MR) is 46.8 cm³/mol. The van der Waals surface area contributed by atoms with Crippen molar-refractivity contribution in [2.75, 3.05) is 6.61 Å². The van der Waals surface area contributed by atoms with Crippen LogP contribution in [0, 0.1) is 0 Å². The first kappa shape index (κ1) is 9.73. The summed E-state index contributed by atoms with van der Waals surface area (Å²) < 4.78 is 0. The maximum Gasteiger partial charge on any atom is 0.220 e. The SMILES string of the molecule is O=C(CCCO)NCc1ncc[nH]1. The Morgan fingerprint density at radius 1 is 1.69 bits per heavy atom. The molecule has 0 aliphatic rings. The van der Waals surface area contributed by atoms with Gasteiger partial charge in [0.2, 0.25) is 5.91 Å². The molecular weight excluding hydrogens is 170 g/mol. The van der Waals surface area contributed by atoms with E-state index in [1.54, 1.807) is 12.4 Å². The Morgan fingerprint density at radius 2 is 2.54 bits per heavy atom. The van der Waals surface area contributed by atoms with Gasteiger partial charge in [-0.25, -0.2) is 4.98 Å². The van der Waals surface area contributed by atoms with Crippen molar-refractivity contribution in [3.05, 3.63) is 18.2 Å². The van der Waals surface area contributed by atoms with Gasteiger partial charge in [0.05, 0.1) is 6.54 Å². The molecule has 1 aromatic rings. The maximum absolute atomic E-state index is 11.0. The van der Waals surface area contributed by atoms with Crippen LogP contribution < -0.4 is 5.32 Å². The molecule has 0 aliphatic carbocycles. The third-order valence-corrected chi connectivity index (χ3v) is 1.57. The van der Waals surface area contributed by atoms with Crippen LogP contribution in [0.3, 0.4) is 0 Å². The minimum atomic E-state index is -0.0644. The van der Waals surface area contributed by atoms with Crippen molar-refractivity contribution >= 4 is 5.91 Å². The molecule has 0 radical (unpaired) electrons. The molecule has 1 amide bonds. The van der Waals surface area contributed by atoms with Crippen molar-refractivity contribution in [3.8, 4) is 0 Å². The number of hydrogen-bond acceptors (Lipinski definition) is 3. The summed E-state index contributed by atoms with van der Waals surface area (Å²) in [5, 5.41) is 11.1. The third-order valence-electron chi connectivity index (χ3n) is 1.57. The summed E-state index contributed by atoms with van der Waals surface area (Å²) >= 11 is 0. The molecule has 0 aromatic carbocycles. The van der Waals surface area contributed by atoms with Gasteiger partial charge >= 0.3 is 0 Å². The number of aromatic amines is 1. The number of aromatic nitrogens is 2. The Bertz CT molecular complexity index is 246. The number of H-pyrrole nitrogens is 1. The zero-order chi connectivity index (χ0) is 9.52. The summed E-state index contributed by atoms with van der Waals surface area (Å²) in [6.07, 6.45) is 4.20. The highest BCUT2D eigenvalue weighted by Gasteiger charge is 2.00. The van der Waals surface area contributed by atoms with Gasteiger partial charge in [-0.2, -0.15) is 0 Å². The smallest absolute Gasteiger partial charge is 0.220 e. The van der Waals surface area contributed by atoms with E-state index in [2.05, 4.69) is 15.3 Å².